The van der Waals surface area contributed by atoms with Gasteiger partial charge in [-0.05, 0) is 30.6 Å². The molecule has 2 aliphatic heterocycles. The summed E-state index contributed by atoms with van der Waals surface area (Å²) in [5, 5.41) is 0. The molecule has 0 aromatic carbocycles. The lowest BCUT2D eigenvalue weighted by Gasteiger charge is -2.34. The maximum Gasteiger partial charge on any atom is 0.246 e. The van der Waals surface area contributed by atoms with Crippen molar-refractivity contribution in [2.75, 3.05) is 26.3 Å². The first-order valence-electron chi connectivity index (χ1n) is 9.40. The number of allylic oxidation sites excluding steroid dienone is 2. The Kier molecular flexibility index (Phi) is 4.18. The van der Waals surface area contributed by atoms with Crippen molar-refractivity contribution in [2.24, 2.45) is 29.6 Å². The minimum Gasteiger partial charge on any atom is -0.378 e. The van der Waals surface area contributed by atoms with Gasteiger partial charge >= 0.3 is 0 Å². The number of ether oxygens (including phenoxy) is 1. The molecule has 3 fully saturated rings. The van der Waals surface area contributed by atoms with Crippen molar-refractivity contribution in [1.82, 2.24) is 9.80 Å². The molecule has 0 radical (unpaired) electrons. The number of amides is 3. The van der Waals surface area contributed by atoms with E-state index >= 15 is 0 Å². The molecule has 1 saturated carbocycles. The zero-order chi connectivity index (χ0) is 17.7. The SMILES string of the molecule is CC(C)C[C@@H](C(=O)N1CCOCC1)N1C(=O)[C@@H]2[C@@H](C1=O)[C@H]1C=C[C@@H]2C1. The van der Waals surface area contributed by atoms with Gasteiger partial charge in [-0.1, -0.05) is 26.0 Å². The molecule has 5 atom stereocenters. The van der Waals surface area contributed by atoms with Crippen molar-refractivity contribution >= 4 is 17.7 Å². The number of imide groups is 1. The average molecular weight is 346 g/mol. The lowest BCUT2D eigenvalue weighted by molar-refractivity contribution is -0.154. The first-order chi connectivity index (χ1) is 12.0. The fourth-order valence-corrected chi connectivity index (χ4v) is 4.99. The zero-order valence-corrected chi connectivity index (χ0v) is 14.9. The number of nitrogens with zero attached hydrogens (tertiary/aromatic N) is 2. The Morgan fingerprint density at radius 1 is 1.12 bits per heavy atom. The third-order valence-electron chi connectivity index (χ3n) is 6.12. The molecule has 0 spiro atoms. The van der Waals surface area contributed by atoms with Crippen molar-refractivity contribution in [2.45, 2.75) is 32.7 Å². The van der Waals surface area contributed by atoms with E-state index in [0.29, 0.717) is 32.7 Å². The van der Waals surface area contributed by atoms with Crippen molar-refractivity contribution in [1.29, 1.82) is 0 Å². The molecule has 136 valence electrons. The Balaban J connectivity index is 1.60. The summed E-state index contributed by atoms with van der Waals surface area (Å²) in [6.45, 7) is 6.14. The topological polar surface area (TPSA) is 66.9 Å². The van der Waals surface area contributed by atoms with Gasteiger partial charge in [0.2, 0.25) is 17.7 Å². The molecule has 2 bridgehead atoms. The van der Waals surface area contributed by atoms with Crippen molar-refractivity contribution in [3.63, 3.8) is 0 Å². The van der Waals surface area contributed by atoms with Crippen LogP contribution in [0.1, 0.15) is 26.7 Å². The Morgan fingerprint density at radius 3 is 2.20 bits per heavy atom. The summed E-state index contributed by atoms with van der Waals surface area (Å²) in [6, 6.07) is -0.664. The first kappa shape index (κ1) is 16.8. The molecule has 6 heteroatoms. The van der Waals surface area contributed by atoms with E-state index in [1.165, 1.54) is 4.90 Å². The van der Waals surface area contributed by atoms with Crippen LogP contribution in [0.15, 0.2) is 12.2 Å². The van der Waals surface area contributed by atoms with Crippen LogP contribution in [0.2, 0.25) is 0 Å². The molecular formula is C19H26N2O4. The highest BCUT2D eigenvalue weighted by atomic mass is 16.5. The van der Waals surface area contributed by atoms with Crippen LogP contribution in [0.4, 0.5) is 0 Å². The molecule has 0 aromatic rings. The van der Waals surface area contributed by atoms with Crippen molar-refractivity contribution < 1.29 is 19.1 Å². The highest BCUT2D eigenvalue weighted by Crippen LogP contribution is 2.53. The third-order valence-corrected chi connectivity index (χ3v) is 6.12. The van der Waals surface area contributed by atoms with Gasteiger partial charge in [0.25, 0.3) is 0 Å². The molecule has 0 aromatic heterocycles. The molecule has 2 aliphatic carbocycles. The molecule has 2 saturated heterocycles. The first-order valence-corrected chi connectivity index (χ1v) is 9.40. The molecule has 3 amide bonds. The summed E-state index contributed by atoms with van der Waals surface area (Å²) in [7, 11) is 0. The lowest BCUT2D eigenvalue weighted by Crippen LogP contribution is -2.54. The van der Waals surface area contributed by atoms with Crippen LogP contribution in [0.3, 0.4) is 0 Å². The predicted molar refractivity (Wildman–Crippen MR) is 90.2 cm³/mol. The zero-order valence-electron chi connectivity index (χ0n) is 14.9. The predicted octanol–water partition coefficient (Wildman–Crippen LogP) is 1.07. The third kappa shape index (κ3) is 2.62. The van der Waals surface area contributed by atoms with E-state index in [2.05, 4.69) is 12.2 Å². The summed E-state index contributed by atoms with van der Waals surface area (Å²) < 4.78 is 5.33. The standard InChI is InChI=1S/C19H26N2O4/c1-11(2)9-14(17(22)20-5-7-25-8-6-20)21-18(23)15-12-3-4-13(10-12)16(15)19(21)24/h3-4,11-16H,5-10H2,1-2H3/t12-,13+,14-,15-,16-/m0/s1. The van der Waals surface area contributed by atoms with Crippen LogP contribution in [0.5, 0.6) is 0 Å². The quantitative estimate of drug-likeness (QED) is 0.564. The van der Waals surface area contributed by atoms with Gasteiger partial charge in [-0.2, -0.15) is 0 Å². The van der Waals surface area contributed by atoms with Crippen molar-refractivity contribution in [3.05, 3.63) is 12.2 Å². The van der Waals surface area contributed by atoms with Crippen LogP contribution in [0, 0.1) is 29.6 Å². The number of hydrogen-bond acceptors (Lipinski definition) is 4. The Hall–Kier alpha value is -1.69. The molecule has 25 heavy (non-hydrogen) atoms. The van der Waals surface area contributed by atoms with Crippen LogP contribution in [-0.4, -0.2) is 59.9 Å². The van der Waals surface area contributed by atoms with Gasteiger partial charge in [0.1, 0.15) is 6.04 Å². The van der Waals surface area contributed by atoms with E-state index in [4.69, 9.17) is 4.74 Å². The van der Waals surface area contributed by atoms with Gasteiger partial charge < -0.3 is 9.64 Å². The monoisotopic (exact) mass is 346 g/mol. The summed E-state index contributed by atoms with van der Waals surface area (Å²) in [6.07, 6.45) is 5.60. The van der Waals surface area contributed by atoms with Gasteiger partial charge in [-0.25, -0.2) is 0 Å². The number of carbonyl (C=O) groups excluding carboxylic acids is 3. The molecule has 6 nitrogen and oxygen atoms in total. The van der Waals surface area contributed by atoms with Crippen LogP contribution < -0.4 is 0 Å². The number of rotatable bonds is 4. The van der Waals surface area contributed by atoms with E-state index in [-0.39, 0.29) is 47.3 Å². The molecule has 0 N–H and O–H groups in total. The van der Waals surface area contributed by atoms with Gasteiger partial charge in [0, 0.05) is 13.1 Å². The smallest absolute Gasteiger partial charge is 0.246 e. The maximum atomic E-state index is 13.1. The van der Waals surface area contributed by atoms with Crippen LogP contribution >= 0.6 is 0 Å². The van der Waals surface area contributed by atoms with Gasteiger partial charge in [0.15, 0.2) is 0 Å². The number of hydrogen-bond donors (Lipinski definition) is 0. The van der Waals surface area contributed by atoms with Crippen molar-refractivity contribution in [3.8, 4) is 0 Å². The molecule has 4 aliphatic rings. The van der Waals surface area contributed by atoms with E-state index < -0.39 is 6.04 Å². The van der Waals surface area contributed by atoms with Gasteiger partial charge in [0.05, 0.1) is 25.0 Å². The van der Waals surface area contributed by atoms with E-state index in [1.807, 2.05) is 13.8 Å². The van der Waals surface area contributed by atoms with E-state index in [1.54, 1.807) is 4.90 Å². The highest BCUT2D eigenvalue weighted by Gasteiger charge is 2.61. The minimum atomic E-state index is -0.664. The summed E-state index contributed by atoms with van der Waals surface area (Å²) in [5.41, 5.74) is 0. The Labute approximate surface area is 148 Å². The van der Waals surface area contributed by atoms with Crippen LogP contribution in [-0.2, 0) is 19.1 Å². The van der Waals surface area contributed by atoms with E-state index in [0.717, 1.165) is 6.42 Å². The maximum absolute atomic E-state index is 13.1. The summed E-state index contributed by atoms with van der Waals surface area (Å²) in [4.78, 5) is 42.3. The largest absolute Gasteiger partial charge is 0.378 e. The average Bonchev–Trinajstić information content (AvgIpc) is 3.27. The molecular weight excluding hydrogens is 320 g/mol. The van der Waals surface area contributed by atoms with Gasteiger partial charge in [-0.15, -0.1) is 0 Å². The second-order valence-electron chi connectivity index (χ2n) is 8.13. The lowest BCUT2D eigenvalue weighted by atomic mass is 9.85. The number of morpholine rings is 1. The second kappa shape index (κ2) is 6.24. The molecule has 2 heterocycles. The molecule has 4 rings (SSSR count). The fourth-order valence-electron chi connectivity index (χ4n) is 4.99. The van der Waals surface area contributed by atoms with E-state index in [9.17, 15) is 14.4 Å². The summed E-state index contributed by atoms with van der Waals surface area (Å²) >= 11 is 0. The van der Waals surface area contributed by atoms with Gasteiger partial charge in [-0.3, -0.25) is 19.3 Å². The number of carbonyl (C=O) groups is 3. The van der Waals surface area contributed by atoms with Crippen LogP contribution in [0.25, 0.3) is 0 Å². The fraction of sp³-hybridized carbons (Fsp3) is 0.737. The molecule has 0 unspecified atom stereocenters. The number of likely N-dealkylation sites (tertiary alicyclic amines) is 1. The number of fused-ring (bicyclic) bond motifs is 5. The Morgan fingerprint density at radius 2 is 1.68 bits per heavy atom. The normalized spacial score (nSPS) is 35.0. The Bertz CT molecular complexity index is 593. The second-order valence-corrected chi connectivity index (χ2v) is 8.13. The highest BCUT2D eigenvalue weighted by molar-refractivity contribution is 6.09. The summed E-state index contributed by atoms with van der Waals surface area (Å²) in [5.74, 6) is -0.253. The minimum absolute atomic E-state index is 0.0982.